The Morgan fingerprint density at radius 1 is 1.13 bits per heavy atom. The highest BCUT2D eigenvalue weighted by atomic mass is 16.3. The minimum atomic E-state index is -0.0643. The molecule has 1 nitrogen and oxygen atoms in total. The van der Waals surface area contributed by atoms with Crippen molar-refractivity contribution in [3.63, 3.8) is 0 Å². The highest BCUT2D eigenvalue weighted by molar-refractivity contribution is 5.30. The molecule has 10 atom stereocenters. The van der Waals surface area contributed by atoms with Gasteiger partial charge in [-0.3, -0.25) is 0 Å². The Balaban J connectivity index is 1.48. The van der Waals surface area contributed by atoms with Gasteiger partial charge in [-0.25, -0.2) is 0 Å². The van der Waals surface area contributed by atoms with Crippen LogP contribution in [-0.4, -0.2) is 11.2 Å². The Hall–Kier alpha value is -0.560. The Morgan fingerprint density at radius 3 is 2.55 bits per heavy atom. The summed E-state index contributed by atoms with van der Waals surface area (Å²) in [4.78, 5) is 0. The minimum Gasteiger partial charge on any atom is -0.393 e. The maximum absolute atomic E-state index is 10.5. The first-order valence-corrected chi connectivity index (χ1v) is 13.7. The largest absolute Gasteiger partial charge is 0.393 e. The number of rotatable bonds is 6. The molecule has 0 aromatic carbocycles. The standard InChI is InChI=1S/C30H50O/c1-8-22(19(2)3)10-9-20(4)24-13-14-26-23-11-12-25-21(5)28(31)16-18-30(25,7)27(23)15-17-29(24,26)6/h14,20-25,27-28,31H,2,8-13,15-18H2,1,3-7H3/t20-,21+,22-,23+,24-,25+,27+,28+,29-,30+/m1/s1. The van der Waals surface area contributed by atoms with Crippen molar-refractivity contribution in [2.75, 3.05) is 0 Å². The van der Waals surface area contributed by atoms with E-state index >= 15 is 0 Å². The van der Waals surface area contributed by atoms with E-state index in [-0.39, 0.29) is 6.10 Å². The lowest BCUT2D eigenvalue weighted by Gasteiger charge is -2.61. The zero-order chi connectivity index (χ0) is 22.6. The Morgan fingerprint density at radius 2 is 1.87 bits per heavy atom. The minimum absolute atomic E-state index is 0.0643. The van der Waals surface area contributed by atoms with Crippen molar-refractivity contribution in [1.29, 1.82) is 0 Å². The quantitative estimate of drug-likeness (QED) is 0.424. The van der Waals surface area contributed by atoms with Crippen molar-refractivity contribution in [3.8, 4) is 0 Å². The summed E-state index contributed by atoms with van der Waals surface area (Å²) in [6, 6.07) is 0. The highest BCUT2D eigenvalue weighted by Gasteiger charge is 2.59. The van der Waals surface area contributed by atoms with Gasteiger partial charge in [-0.2, -0.15) is 0 Å². The monoisotopic (exact) mass is 426 g/mol. The molecule has 4 aliphatic rings. The molecule has 176 valence electrons. The average molecular weight is 427 g/mol. The summed E-state index contributed by atoms with van der Waals surface area (Å²) in [5.74, 6) is 5.23. The SMILES string of the molecule is C=C(C)[C@H](CC)CC[C@@H](C)[C@H]1CC=C2[C@@H]3CC[C@H]4[C@H](C)[C@@H](O)CC[C@]4(C)[C@H]3CC[C@@]21C. The third-order valence-electron chi connectivity index (χ3n) is 11.5. The molecular formula is C30H50O. The number of fused-ring (bicyclic) bond motifs is 5. The fraction of sp³-hybridized carbons (Fsp3) is 0.867. The summed E-state index contributed by atoms with van der Waals surface area (Å²) in [6.45, 7) is 18.9. The number of hydrogen-bond donors (Lipinski definition) is 1. The molecule has 4 rings (SSSR count). The predicted octanol–water partition coefficient (Wildman–Crippen LogP) is 8.19. The van der Waals surface area contributed by atoms with Gasteiger partial charge >= 0.3 is 0 Å². The zero-order valence-corrected chi connectivity index (χ0v) is 21.4. The molecule has 4 aliphatic carbocycles. The molecule has 0 aromatic heterocycles. The predicted molar refractivity (Wildman–Crippen MR) is 133 cm³/mol. The lowest BCUT2D eigenvalue weighted by atomic mass is 9.44. The van der Waals surface area contributed by atoms with Crippen LogP contribution in [0.2, 0.25) is 0 Å². The first-order chi connectivity index (χ1) is 14.6. The van der Waals surface area contributed by atoms with Gasteiger partial charge in [0.25, 0.3) is 0 Å². The van der Waals surface area contributed by atoms with Gasteiger partial charge in [0.15, 0.2) is 0 Å². The van der Waals surface area contributed by atoms with Gasteiger partial charge in [-0.05, 0) is 123 Å². The van der Waals surface area contributed by atoms with E-state index in [1.807, 2.05) is 5.57 Å². The van der Waals surface area contributed by atoms with Crippen molar-refractivity contribution >= 4 is 0 Å². The Bertz CT molecular complexity index is 705. The number of allylic oxidation sites excluding steroid dienone is 3. The second-order valence-electron chi connectivity index (χ2n) is 12.8. The van der Waals surface area contributed by atoms with Crippen LogP contribution in [0.5, 0.6) is 0 Å². The van der Waals surface area contributed by atoms with Crippen molar-refractivity contribution in [1.82, 2.24) is 0 Å². The van der Waals surface area contributed by atoms with Crippen LogP contribution in [0.15, 0.2) is 23.8 Å². The average Bonchev–Trinajstić information content (AvgIpc) is 3.08. The molecule has 0 radical (unpaired) electrons. The second-order valence-corrected chi connectivity index (χ2v) is 12.8. The van der Waals surface area contributed by atoms with E-state index in [0.29, 0.717) is 22.7 Å². The molecule has 1 N–H and O–H groups in total. The molecular weight excluding hydrogens is 376 g/mol. The summed E-state index contributed by atoms with van der Waals surface area (Å²) in [5.41, 5.74) is 4.13. The van der Waals surface area contributed by atoms with Gasteiger partial charge in [0.05, 0.1) is 6.10 Å². The molecule has 0 spiro atoms. The van der Waals surface area contributed by atoms with E-state index in [2.05, 4.69) is 54.2 Å². The first-order valence-electron chi connectivity index (χ1n) is 13.7. The summed E-state index contributed by atoms with van der Waals surface area (Å²) in [5, 5.41) is 10.5. The summed E-state index contributed by atoms with van der Waals surface area (Å²) < 4.78 is 0. The molecule has 0 aromatic rings. The van der Waals surface area contributed by atoms with Crippen molar-refractivity contribution < 1.29 is 5.11 Å². The third kappa shape index (κ3) is 3.79. The number of hydrogen-bond acceptors (Lipinski definition) is 1. The maximum atomic E-state index is 10.5. The van der Waals surface area contributed by atoms with E-state index in [1.165, 1.54) is 63.4 Å². The van der Waals surface area contributed by atoms with Gasteiger partial charge < -0.3 is 5.11 Å². The van der Waals surface area contributed by atoms with Crippen LogP contribution in [0.25, 0.3) is 0 Å². The van der Waals surface area contributed by atoms with Gasteiger partial charge in [0.2, 0.25) is 0 Å². The summed E-state index contributed by atoms with van der Waals surface area (Å²) in [6.07, 6.45) is 15.7. The molecule has 31 heavy (non-hydrogen) atoms. The normalized spacial score (nSPS) is 46.4. The fourth-order valence-electron chi connectivity index (χ4n) is 9.40. The van der Waals surface area contributed by atoms with Crippen LogP contribution in [0, 0.1) is 52.3 Å². The zero-order valence-electron chi connectivity index (χ0n) is 21.4. The van der Waals surface area contributed by atoms with E-state index in [4.69, 9.17) is 0 Å². The van der Waals surface area contributed by atoms with Crippen LogP contribution >= 0.6 is 0 Å². The molecule has 3 saturated carbocycles. The van der Waals surface area contributed by atoms with E-state index in [9.17, 15) is 5.11 Å². The van der Waals surface area contributed by atoms with Crippen molar-refractivity contribution in [3.05, 3.63) is 23.8 Å². The van der Waals surface area contributed by atoms with Gasteiger partial charge in [-0.15, -0.1) is 0 Å². The molecule has 3 fully saturated rings. The molecule has 0 aliphatic heterocycles. The number of aliphatic hydroxyl groups excluding tert-OH is 1. The molecule has 0 unspecified atom stereocenters. The van der Waals surface area contributed by atoms with Crippen LogP contribution in [0.1, 0.15) is 106 Å². The topological polar surface area (TPSA) is 20.2 Å². The van der Waals surface area contributed by atoms with Crippen LogP contribution in [0.3, 0.4) is 0 Å². The van der Waals surface area contributed by atoms with Crippen LogP contribution in [-0.2, 0) is 0 Å². The van der Waals surface area contributed by atoms with Crippen molar-refractivity contribution in [2.24, 2.45) is 52.3 Å². The van der Waals surface area contributed by atoms with Crippen LogP contribution in [0.4, 0.5) is 0 Å². The lowest BCUT2D eigenvalue weighted by Crippen LogP contribution is -2.54. The molecule has 0 saturated heterocycles. The third-order valence-corrected chi connectivity index (χ3v) is 11.5. The smallest absolute Gasteiger partial charge is 0.0568 e. The molecule has 0 amide bonds. The first kappa shape index (κ1) is 23.6. The summed E-state index contributed by atoms with van der Waals surface area (Å²) in [7, 11) is 0. The Kier molecular flexibility index (Phi) is 6.59. The molecule has 1 heteroatoms. The molecule has 0 heterocycles. The van der Waals surface area contributed by atoms with Gasteiger partial charge in [0.1, 0.15) is 0 Å². The lowest BCUT2D eigenvalue weighted by molar-refractivity contribution is -0.116. The number of aliphatic hydroxyl groups is 1. The van der Waals surface area contributed by atoms with Gasteiger partial charge in [-0.1, -0.05) is 58.4 Å². The maximum Gasteiger partial charge on any atom is 0.0568 e. The fourth-order valence-corrected chi connectivity index (χ4v) is 9.40. The summed E-state index contributed by atoms with van der Waals surface area (Å²) >= 11 is 0. The van der Waals surface area contributed by atoms with Crippen LogP contribution < -0.4 is 0 Å². The van der Waals surface area contributed by atoms with E-state index in [0.717, 1.165) is 36.0 Å². The van der Waals surface area contributed by atoms with Crippen molar-refractivity contribution in [2.45, 2.75) is 112 Å². The second kappa shape index (κ2) is 8.66. The van der Waals surface area contributed by atoms with Gasteiger partial charge in [0, 0.05) is 0 Å². The highest BCUT2D eigenvalue weighted by Crippen LogP contribution is 2.67. The van der Waals surface area contributed by atoms with E-state index in [1.54, 1.807) is 0 Å². The molecule has 0 bridgehead atoms. The Labute approximate surface area is 193 Å². The van der Waals surface area contributed by atoms with E-state index < -0.39 is 0 Å².